The molecular formula is C10H22N2O. The third kappa shape index (κ3) is 4.07. The molecule has 1 rings (SSSR count). The van der Waals surface area contributed by atoms with Crippen LogP contribution < -0.4 is 5.32 Å². The molecule has 1 aliphatic rings. The summed E-state index contributed by atoms with van der Waals surface area (Å²) in [6, 6.07) is 0.729. The van der Waals surface area contributed by atoms with Gasteiger partial charge in [0.2, 0.25) is 0 Å². The van der Waals surface area contributed by atoms with Crippen LogP contribution in [0.25, 0.3) is 0 Å². The number of nitrogens with one attached hydrogen (secondary N) is 1. The molecule has 1 fully saturated rings. The van der Waals surface area contributed by atoms with Crippen LogP contribution in [0.2, 0.25) is 0 Å². The highest BCUT2D eigenvalue weighted by atomic mass is 16.5. The maximum absolute atomic E-state index is 5.08. The van der Waals surface area contributed by atoms with Crippen molar-refractivity contribution in [3.63, 3.8) is 0 Å². The fraction of sp³-hybridized carbons (Fsp3) is 1.00. The zero-order valence-corrected chi connectivity index (χ0v) is 8.88. The Morgan fingerprint density at radius 1 is 1.38 bits per heavy atom. The van der Waals surface area contributed by atoms with Crippen LogP contribution in [0.15, 0.2) is 0 Å². The summed E-state index contributed by atoms with van der Waals surface area (Å²) in [7, 11) is 3.84. The van der Waals surface area contributed by atoms with E-state index >= 15 is 0 Å². The minimum atomic E-state index is 0.729. The topological polar surface area (TPSA) is 24.5 Å². The normalized spacial score (nSPS) is 25.8. The summed E-state index contributed by atoms with van der Waals surface area (Å²) < 4.78 is 5.08. The quantitative estimate of drug-likeness (QED) is 0.699. The molecule has 0 spiro atoms. The van der Waals surface area contributed by atoms with Crippen LogP contribution in [0.1, 0.15) is 19.3 Å². The van der Waals surface area contributed by atoms with E-state index in [9.17, 15) is 0 Å². The highest BCUT2D eigenvalue weighted by Gasteiger charge is 2.14. The Kier molecular flexibility index (Phi) is 5.35. The first kappa shape index (κ1) is 11.0. The minimum absolute atomic E-state index is 0.729. The summed E-state index contributed by atoms with van der Waals surface area (Å²) in [5.74, 6) is 0. The van der Waals surface area contributed by atoms with Gasteiger partial charge in [-0.1, -0.05) is 0 Å². The summed E-state index contributed by atoms with van der Waals surface area (Å²) in [6.45, 7) is 4.41. The van der Waals surface area contributed by atoms with Crippen LogP contribution >= 0.6 is 0 Å². The van der Waals surface area contributed by atoms with Gasteiger partial charge in [0, 0.05) is 19.7 Å². The Hall–Kier alpha value is -0.120. The lowest BCUT2D eigenvalue weighted by atomic mass is 10.1. The molecule has 1 aliphatic heterocycles. The SMILES string of the molecule is CNC1CCCN(CCOC)CC1. The number of rotatable bonds is 4. The number of hydrogen-bond donors (Lipinski definition) is 1. The highest BCUT2D eigenvalue weighted by Crippen LogP contribution is 2.09. The minimum Gasteiger partial charge on any atom is -0.383 e. The van der Waals surface area contributed by atoms with Crippen molar-refractivity contribution >= 4 is 0 Å². The first-order chi connectivity index (χ1) is 6.36. The van der Waals surface area contributed by atoms with E-state index in [0.29, 0.717) is 0 Å². The van der Waals surface area contributed by atoms with Crippen molar-refractivity contribution in [2.45, 2.75) is 25.3 Å². The van der Waals surface area contributed by atoms with Crippen LogP contribution in [0, 0.1) is 0 Å². The lowest BCUT2D eigenvalue weighted by Gasteiger charge is -2.19. The van der Waals surface area contributed by atoms with Gasteiger partial charge in [-0.05, 0) is 39.4 Å². The number of hydrogen-bond acceptors (Lipinski definition) is 3. The van der Waals surface area contributed by atoms with Crippen molar-refractivity contribution in [2.75, 3.05) is 40.4 Å². The molecule has 1 atom stereocenters. The zero-order valence-electron chi connectivity index (χ0n) is 8.88. The molecule has 0 bridgehead atoms. The molecule has 0 amide bonds. The van der Waals surface area contributed by atoms with Gasteiger partial charge in [-0.3, -0.25) is 0 Å². The van der Waals surface area contributed by atoms with E-state index in [2.05, 4.69) is 17.3 Å². The predicted molar refractivity (Wildman–Crippen MR) is 55.0 cm³/mol. The number of nitrogens with zero attached hydrogens (tertiary/aromatic N) is 1. The summed E-state index contributed by atoms with van der Waals surface area (Å²) in [4.78, 5) is 2.50. The van der Waals surface area contributed by atoms with Crippen LogP contribution in [-0.4, -0.2) is 51.3 Å². The predicted octanol–water partition coefficient (Wildman–Crippen LogP) is 0.707. The monoisotopic (exact) mass is 186 g/mol. The zero-order chi connectivity index (χ0) is 9.52. The molecule has 1 N–H and O–H groups in total. The van der Waals surface area contributed by atoms with E-state index < -0.39 is 0 Å². The maximum Gasteiger partial charge on any atom is 0.0589 e. The van der Waals surface area contributed by atoms with Gasteiger partial charge >= 0.3 is 0 Å². The van der Waals surface area contributed by atoms with E-state index in [4.69, 9.17) is 4.74 Å². The van der Waals surface area contributed by atoms with Crippen molar-refractivity contribution in [3.8, 4) is 0 Å². The van der Waals surface area contributed by atoms with E-state index in [0.717, 1.165) is 19.2 Å². The Morgan fingerprint density at radius 2 is 2.23 bits per heavy atom. The lowest BCUT2D eigenvalue weighted by molar-refractivity contribution is 0.149. The first-order valence-electron chi connectivity index (χ1n) is 5.25. The second-order valence-corrected chi connectivity index (χ2v) is 3.75. The van der Waals surface area contributed by atoms with Crippen molar-refractivity contribution in [2.24, 2.45) is 0 Å². The van der Waals surface area contributed by atoms with E-state index in [1.165, 1.54) is 32.4 Å². The molecule has 1 unspecified atom stereocenters. The van der Waals surface area contributed by atoms with Crippen molar-refractivity contribution in [3.05, 3.63) is 0 Å². The molecule has 1 heterocycles. The fourth-order valence-electron chi connectivity index (χ4n) is 1.89. The van der Waals surface area contributed by atoms with Crippen LogP contribution in [0.4, 0.5) is 0 Å². The molecular weight excluding hydrogens is 164 g/mol. The summed E-state index contributed by atoms with van der Waals surface area (Å²) in [6.07, 6.45) is 3.91. The van der Waals surface area contributed by atoms with E-state index in [-0.39, 0.29) is 0 Å². The van der Waals surface area contributed by atoms with Crippen LogP contribution in [-0.2, 0) is 4.74 Å². The number of methoxy groups -OCH3 is 1. The first-order valence-corrected chi connectivity index (χ1v) is 5.25. The molecule has 0 aromatic carbocycles. The molecule has 1 saturated heterocycles. The molecule has 0 aromatic rings. The van der Waals surface area contributed by atoms with Gasteiger partial charge < -0.3 is 15.0 Å². The number of ether oxygens (including phenoxy) is 1. The average Bonchev–Trinajstić information content (AvgIpc) is 2.39. The lowest BCUT2D eigenvalue weighted by Crippen LogP contribution is -2.30. The van der Waals surface area contributed by atoms with Gasteiger partial charge in [-0.25, -0.2) is 0 Å². The highest BCUT2D eigenvalue weighted by molar-refractivity contribution is 4.73. The second-order valence-electron chi connectivity index (χ2n) is 3.75. The average molecular weight is 186 g/mol. The third-order valence-electron chi connectivity index (χ3n) is 2.84. The molecule has 78 valence electrons. The molecule has 13 heavy (non-hydrogen) atoms. The number of likely N-dealkylation sites (tertiary alicyclic amines) is 1. The smallest absolute Gasteiger partial charge is 0.0589 e. The van der Waals surface area contributed by atoms with Crippen LogP contribution in [0.5, 0.6) is 0 Å². The fourth-order valence-corrected chi connectivity index (χ4v) is 1.89. The Balaban J connectivity index is 2.19. The molecule has 3 heteroatoms. The molecule has 0 saturated carbocycles. The third-order valence-corrected chi connectivity index (χ3v) is 2.84. The van der Waals surface area contributed by atoms with Gasteiger partial charge in [0.1, 0.15) is 0 Å². The van der Waals surface area contributed by atoms with E-state index in [1.807, 2.05) is 0 Å². The standard InChI is InChI=1S/C10H22N2O/c1-11-10-4-3-6-12(7-5-10)8-9-13-2/h10-11H,3-9H2,1-2H3. The van der Waals surface area contributed by atoms with Gasteiger partial charge in [0.25, 0.3) is 0 Å². The Morgan fingerprint density at radius 3 is 2.92 bits per heavy atom. The van der Waals surface area contributed by atoms with Crippen LogP contribution in [0.3, 0.4) is 0 Å². The Bertz CT molecular complexity index is 130. The second kappa shape index (κ2) is 6.35. The summed E-state index contributed by atoms with van der Waals surface area (Å²) >= 11 is 0. The van der Waals surface area contributed by atoms with Gasteiger partial charge in [0.15, 0.2) is 0 Å². The summed E-state index contributed by atoms with van der Waals surface area (Å²) in [5, 5.41) is 3.36. The van der Waals surface area contributed by atoms with E-state index in [1.54, 1.807) is 7.11 Å². The maximum atomic E-state index is 5.08. The van der Waals surface area contributed by atoms with Crippen molar-refractivity contribution < 1.29 is 4.74 Å². The molecule has 3 nitrogen and oxygen atoms in total. The molecule has 0 radical (unpaired) electrons. The molecule has 0 aliphatic carbocycles. The Labute approximate surface area is 81.4 Å². The van der Waals surface area contributed by atoms with Crippen molar-refractivity contribution in [1.29, 1.82) is 0 Å². The van der Waals surface area contributed by atoms with Gasteiger partial charge in [0.05, 0.1) is 6.61 Å². The largest absolute Gasteiger partial charge is 0.383 e. The molecule has 0 aromatic heterocycles. The summed E-state index contributed by atoms with van der Waals surface area (Å²) in [5.41, 5.74) is 0. The van der Waals surface area contributed by atoms with Gasteiger partial charge in [-0.2, -0.15) is 0 Å². The van der Waals surface area contributed by atoms with Gasteiger partial charge in [-0.15, -0.1) is 0 Å². The van der Waals surface area contributed by atoms with Crippen molar-refractivity contribution in [1.82, 2.24) is 10.2 Å².